The van der Waals surface area contributed by atoms with Crippen molar-refractivity contribution in [2.45, 2.75) is 32.4 Å². The SMILES string of the molecule is COC(=O)C(N)(COC(C)C(C)C)c1ccccc1. The first-order valence-electron chi connectivity index (χ1n) is 6.46. The standard InChI is InChI=1S/C15H23NO3/c1-11(2)12(3)19-10-15(16,14(17)18-4)13-8-6-5-7-9-13/h5-9,11-12H,10,16H2,1-4H3. The maximum absolute atomic E-state index is 12.0. The van der Waals surface area contributed by atoms with E-state index >= 15 is 0 Å². The van der Waals surface area contributed by atoms with E-state index in [1.54, 1.807) is 12.1 Å². The molecule has 0 saturated heterocycles. The van der Waals surface area contributed by atoms with Crippen molar-refractivity contribution < 1.29 is 14.3 Å². The van der Waals surface area contributed by atoms with Crippen molar-refractivity contribution in [2.24, 2.45) is 11.7 Å². The predicted molar refractivity (Wildman–Crippen MR) is 74.6 cm³/mol. The van der Waals surface area contributed by atoms with Crippen LogP contribution in [0.4, 0.5) is 0 Å². The van der Waals surface area contributed by atoms with Crippen LogP contribution in [0.1, 0.15) is 26.3 Å². The van der Waals surface area contributed by atoms with E-state index in [2.05, 4.69) is 13.8 Å². The average molecular weight is 265 g/mol. The minimum atomic E-state index is -1.26. The summed E-state index contributed by atoms with van der Waals surface area (Å²) in [5.74, 6) is -0.132. The van der Waals surface area contributed by atoms with Gasteiger partial charge in [0.25, 0.3) is 0 Å². The van der Waals surface area contributed by atoms with Gasteiger partial charge in [0, 0.05) is 0 Å². The van der Waals surface area contributed by atoms with Gasteiger partial charge in [-0.2, -0.15) is 0 Å². The molecule has 2 N–H and O–H groups in total. The van der Waals surface area contributed by atoms with Crippen LogP contribution in [-0.4, -0.2) is 25.8 Å². The van der Waals surface area contributed by atoms with Crippen LogP contribution in [0, 0.1) is 5.92 Å². The summed E-state index contributed by atoms with van der Waals surface area (Å²) in [5.41, 5.74) is 5.65. The summed E-state index contributed by atoms with van der Waals surface area (Å²) in [6.45, 7) is 6.18. The second-order valence-corrected chi connectivity index (χ2v) is 5.09. The first-order valence-corrected chi connectivity index (χ1v) is 6.46. The molecule has 0 bridgehead atoms. The Bertz CT molecular complexity index is 405. The lowest BCUT2D eigenvalue weighted by Crippen LogP contribution is -2.50. The highest BCUT2D eigenvalue weighted by atomic mass is 16.5. The summed E-state index contributed by atoms with van der Waals surface area (Å²) in [6.07, 6.45) is 0.0243. The molecule has 0 saturated carbocycles. The third kappa shape index (κ3) is 3.78. The molecule has 0 aliphatic rings. The highest BCUT2D eigenvalue weighted by molar-refractivity contribution is 5.82. The molecule has 2 atom stereocenters. The largest absolute Gasteiger partial charge is 0.467 e. The average Bonchev–Trinajstić information content (AvgIpc) is 2.44. The fourth-order valence-corrected chi connectivity index (χ4v) is 1.63. The molecule has 0 radical (unpaired) electrons. The molecule has 1 aromatic carbocycles. The van der Waals surface area contributed by atoms with E-state index in [1.807, 2.05) is 25.1 Å². The maximum atomic E-state index is 12.0. The summed E-state index contributed by atoms with van der Waals surface area (Å²) in [6, 6.07) is 9.16. The molecular weight excluding hydrogens is 242 g/mol. The van der Waals surface area contributed by atoms with Gasteiger partial charge in [-0.3, -0.25) is 0 Å². The van der Waals surface area contributed by atoms with Gasteiger partial charge in [0.15, 0.2) is 5.54 Å². The Hall–Kier alpha value is -1.39. The van der Waals surface area contributed by atoms with Crippen LogP contribution >= 0.6 is 0 Å². The highest BCUT2D eigenvalue weighted by Gasteiger charge is 2.38. The molecule has 1 aromatic rings. The van der Waals surface area contributed by atoms with Crippen molar-refractivity contribution in [3.8, 4) is 0 Å². The van der Waals surface area contributed by atoms with E-state index in [4.69, 9.17) is 15.2 Å². The first kappa shape index (κ1) is 15.7. The highest BCUT2D eigenvalue weighted by Crippen LogP contribution is 2.22. The van der Waals surface area contributed by atoms with Crippen LogP contribution in [0.3, 0.4) is 0 Å². The monoisotopic (exact) mass is 265 g/mol. The van der Waals surface area contributed by atoms with E-state index in [1.165, 1.54) is 7.11 Å². The number of hydrogen-bond acceptors (Lipinski definition) is 4. The van der Waals surface area contributed by atoms with E-state index in [-0.39, 0.29) is 12.7 Å². The molecule has 2 unspecified atom stereocenters. The molecule has 0 aliphatic carbocycles. The summed E-state index contributed by atoms with van der Waals surface area (Å²) in [5, 5.41) is 0. The van der Waals surface area contributed by atoms with Crippen LogP contribution < -0.4 is 5.73 Å². The van der Waals surface area contributed by atoms with Crippen LogP contribution in [-0.2, 0) is 19.8 Å². The number of methoxy groups -OCH3 is 1. The predicted octanol–water partition coefficient (Wildman–Crippen LogP) is 2.07. The van der Waals surface area contributed by atoms with Gasteiger partial charge in [-0.15, -0.1) is 0 Å². The number of hydrogen-bond donors (Lipinski definition) is 1. The molecule has 19 heavy (non-hydrogen) atoms. The van der Waals surface area contributed by atoms with Crippen molar-refractivity contribution in [1.29, 1.82) is 0 Å². The molecule has 0 aromatic heterocycles. The Balaban J connectivity index is 2.92. The van der Waals surface area contributed by atoms with E-state index in [0.717, 1.165) is 0 Å². The van der Waals surface area contributed by atoms with Crippen molar-refractivity contribution in [1.82, 2.24) is 0 Å². The van der Waals surface area contributed by atoms with Gasteiger partial charge in [-0.05, 0) is 18.4 Å². The van der Waals surface area contributed by atoms with Gasteiger partial charge >= 0.3 is 5.97 Å². The lowest BCUT2D eigenvalue weighted by molar-refractivity contribution is -0.151. The molecular formula is C15H23NO3. The van der Waals surface area contributed by atoms with Crippen molar-refractivity contribution in [3.05, 3.63) is 35.9 Å². The van der Waals surface area contributed by atoms with Gasteiger partial charge in [0.05, 0.1) is 19.8 Å². The quantitative estimate of drug-likeness (QED) is 0.800. The summed E-state index contributed by atoms with van der Waals surface area (Å²) in [7, 11) is 1.33. The lowest BCUT2D eigenvalue weighted by Gasteiger charge is -2.29. The molecule has 4 nitrogen and oxygen atoms in total. The molecule has 0 spiro atoms. The zero-order valence-corrected chi connectivity index (χ0v) is 12.1. The minimum Gasteiger partial charge on any atom is -0.467 e. The molecule has 1 rings (SSSR count). The zero-order valence-electron chi connectivity index (χ0n) is 12.1. The fourth-order valence-electron chi connectivity index (χ4n) is 1.63. The number of rotatable bonds is 6. The Kier molecular flexibility index (Phi) is 5.51. The third-order valence-corrected chi connectivity index (χ3v) is 3.35. The van der Waals surface area contributed by atoms with Gasteiger partial charge in [-0.25, -0.2) is 4.79 Å². The van der Waals surface area contributed by atoms with E-state index < -0.39 is 11.5 Å². The first-order chi connectivity index (χ1) is 8.91. The smallest absolute Gasteiger partial charge is 0.332 e. The topological polar surface area (TPSA) is 61.5 Å². The van der Waals surface area contributed by atoms with Crippen LogP contribution in [0.5, 0.6) is 0 Å². The van der Waals surface area contributed by atoms with Gasteiger partial charge < -0.3 is 15.2 Å². The lowest BCUT2D eigenvalue weighted by atomic mass is 9.92. The summed E-state index contributed by atoms with van der Waals surface area (Å²) in [4.78, 5) is 12.0. The third-order valence-electron chi connectivity index (χ3n) is 3.35. The Morgan fingerprint density at radius 1 is 1.26 bits per heavy atom. The minimum absolute atomic E-state index is 0.0243. The van der Waals surface area contributed by atoms with E-state index in [0.29, 0.717) is 11.5 Å². The van der Waals surface area contributed by atoms with Gasteiger partial charge in [-0.1, -0.05) is 44.2 Å². The van der Waals surface area contributed by atoms with Gasteiger partial charge in [0.1, 0.15) is 0 Å². The number of esters is 1. The number of ether oxygens (including phenoxy) is 2. The molecule has 106 valence electrons. The molecule has 0 amide bonds. The second-order valence-electron chi connectivity index (χ2n) is 5.09. The molecule has 0 aliphatic heterocycles. The van der Waals surface area contributed by atoms with Gasteiger partial charge in [0.2, 0.25) is 0 Å². The van der Waals surface area contributed by atoms with Crippen molar-refractivity contribution in [2.75, 3.05) is 13.7 Å². The van der Waals surface area contributed by atoms with Crippen LogP contribution in [0.15, 0.2) is 30.3 Å². The normalized spacial score (nSPS) is 15.9. The van der Waals surface area contributed by atoms with Crippen LogP contribution in [0.25, 0.3) is 0 Å². The number of nitrogens with two attached hydrogens (primary N) is 1. The molecule has 4 heteroatoms. The van der Waals surface area contributed by atoms with Crippen LogP contribution in [0.2, 0.25) is 0 Å². The Labute approximate surface area is 114 Å². The molecule has 0 heterocycles. The number of carbonyl (C=O) groups excluding carboxylic acids is 1. The number of carbonyl (C=O) groups is 1. The van der Waals surface area contributed by atoms with Crippen molar-refractivity contribution >= 4 is 5.97 Å². The Morgan fingerprint density at radius 2 is 1.84 bits per heavy atom. The summed E-state index contributed by atoms with van der Waals surface area (Å²) >= 11 is 0. The second kappa shape index (κ2) is 6.68. The van der Waals surface area contributed by atoms with Crippen molar-refractivity contribution in [3.63, 3.8) is 0 Å². The fraction of sp³-hybridized carbons (Fsp3) is 0.533. The number of benzene rings is 1. The molecule has 0 fully saturated rings. The zero-order chi connectivity index (χ0) is 14.5. The Morgan fingerprint density at radius 3 is 2.32 bits per heavy atom. The van der Waals surface area contributed by atoms with E-state index in [9.17, 15) is 4.79 Å². The maximum Gasteiger partial charge on any atom is 0.332 e. The summed E-state index contributed by atoms with van der Waals surface area (Å²) < 4.78 is 10.5.